The van der Waals surface area contributed by atoms with Crippen molar-refractivity contribution < 1.29 is 33.4 Å². The minimum Gasteiger partial charge on any atom is -0.464 e. The van der Waals surface area contributed by atoms with Gasteiger partial charge in [-0.2, -0.15) is 0 Å². The van der Waals surface area contributed by atoms with Crippen LogP contribution in [0.15, 0.2) is 47.9 Å². The minimum absolute atomic E-state index is 0.172. The number of rotatable bonds is 4. The molecule has 1 aromatic rings. The average Bonchev–Trinajstić information content (AvgIpc) is 3.06. The van der Waals surface area contributed by atoms with Crippen LogP contribution in [0.25, 0.3) is 0 Å². The van der Waals surface area contributed by atoms with E-state index in [1.54, 1.807) is 19.1 Å². The van der Waals surface area contributed by atoms with E-state index in [4.69, 9.17) is 9.47 Å². The Kier molecular flexibility index (Phi) is 4.10. The van der Waals surface area contributed by atoms with Gasteiger partial charge in [-0.25, -0.2) is 14.5 Å². The highest BCUT2D eigenvalue weighted by molar-refractivity contribution is 6.24. The molecule has 0 aromatic heterocycles. The Morgan fingerprint density at radius 3 is 2.24 bits per heavy atom. The molecule has 0 unspecified atom stereocenters. The molecular formula is C17H13NO7. The van der Waals surface area contributed by atoms with Crippen LogP contribution in [-0.4, -0.2) is 42.1 Å². The van der Waals surface area contributed by atoms with Crippen LogP contribution in [0.1, 0.15) is 27.6 Å². The zero-order valence-electron chi connectivity index (χ0n) is 13.3. The molecule has 3 rings (SSSR count). The van der Waals surface area contributed by atoms with Crippen molar-refractivity contribution in [1.82, 2.24) is 4.90 Å². The molecule has 1 atom stereocenters. The lowest BCUT2D eigenvalue weighted by Crippen LogP contribution is -2.34. The smallest absolute Gasteiger partial charge is 0.358 e. The third-order valence-electron chi connectivity index (χ3n) is 3.67. The normalized spacial score (nSPS) is 19.5. The van der Waals surface area contributed by atoms with Crippen molar-refractivity contribution in [3.05, 3.63) is 59.0 Å². The maximum atomic E-state index is 12.5. The molecule has 2 amide bonds. The summed E-state index contributed by atoms with van der Waals surface area (Å²) in [5.74, 6) is -2.84. The number of hydrogen-bond donors (Lipinski definition) is 0. The Labute approximate surface area is 142 Å². The second-order valence-electron chi connectivity index (χ2n) is 5.25. The van der Waals surface area contributed by atoms with Crippen LogP contribution in [0.4, 0.5) is 0 Å². The van der Waals surface area contributed by atoms with Gasteiger partial charge in [0.25, 0.3) is 18.1 Å². The number of esters is 2. The van der Waals surface area contributed by atoms with Crippen LogP contribution in [0, 0.1) is 0 Å². The van der Waals surface area contributed by atoms with Gasteiger partial charge in [-0.05, 0) is 19.1 Å². The molecule has 0 spiro atoms. The van der Waals surface area contributed by atoms with Crippen LogP contribution >= 0.6 is 0 Å². The SMILES string of the molecule is COC(=O)/C(=C\O[C@H]1C=C(C)C(=O)O1)N1C(=O)c2ccccc2C1=O. The summed E-state index contributed by atoms with van der Waals surface area (Å²) in [6.07, 6.45) is 1.22. The van der Waals surface area contributed by atoms with E-state index in [1.165, 1.54) is 18.2 Å². The quantitative estimate of drug-likeness (QED) is 0.350. The number of nitrogens with zero attached hydrogens (tertiary/aromatic N) is 1. The summed E-state index contributed by atoms with van der Waals surface area (Å²) in [6.45, 7) is 1.54. The molecule has 0 saturated heterocycles. The number of benzene rings is 1. The van der Waals surface area contributed by atoms with Crippen molar-refractivity contribution in [2.75, 3.05) is 7.11 Å². The highest BCUT2D eigenvalue weighted by Gasteiger charge is 2.40. The van der Waals surface area contributed by atoms with Gasteiger partial charge in [0.05, 0.1) is 18.2 Å². The molecule has 8 heteroatoms. The molecule has 0 bridgehead atoms. The van der Waals surface area contributed by atoms with E-state index in [0.29, 0.717) is 10.5 Å². The second-order valence-corrected chi connectivity index (χ2v) is 5.25. The topological polar surface area (TPSA) is 99.2 Å². The predicted molar refractivity (Wildman–Crippen MR) is 81.8 cm³/mol. The van der Waals surface area contributed by atoms with Crippen molar-refractivity contribution in [2.24, 2.45) is 0 Å². The fourth-order valence-electron chi connectivity index (χ4n) is 2.41. The number of carbonyl (C=O) groups is 4. The van der Waals surface area contributed by atoms with E-state index in [2.05, 4.69) is 4.74 Å². The van der Waals surface area contributed by atoms with E-state index in [1.807, 2.05) is 0 Å². The van der Waals surface area contributed by atoms with Gasteiger partial charge in [0.15, 0.2) is 5.70 Å². The molecule has 0 fully saturated rings. The molecule has 0 radical (unpaired) electrons. The van der Waals surface area contributed by atoms with Gasteiger partial charge in [0.2, 0.25) is 0 Å². The van der Waals surface area contributed by atoms with Gasteiger partial charge in [-0.1, -0.05) is 12.1 Å². The lowest BCUT2D eigenvalue weighted by Gasteiger charge is -2.16. The predicted octanol–water partition coefficient (Wildman–Crippen LogP) is 1.14. The average molecular weight is 343 g/mol. The first kappa shape index (κ1) is 16.4. The van der Waals surface area contributed by atoms with Crippen LogP contribution in [-0.2, 0) is 23.8 Å². The van der Waals surface area contributed by atoms with Gasteiger partial charge in [-0.3, -0.25) is 9.59 Å². The standard InChI is InChI=1S/C17H13NO7/c1-9-7-13(25-16(9)21)24-8-12(17(22)23-2)18-14(19)10-5-3-4-6-11(10)15(18)20/h3-8,13H,1-2H3/b12-8+/t13-/m1/s1. The number of ether oxygens (including phenoxy) is 3. The van der Waals surface area contributed by atoms with E-state index < -0.39 is 35.7 Å². The molecular weight excluding hydrogens is 330 g/mol. The summed E-state index contributed by atoms with van der Waals surface area (Å²) in [7, 11) is 1.11. The molecule has 1 aromatic carbocycles. The minimum atomic E-state index is -1.05. The van der Waals surface area contributed by atoms with Crippen LogP contribution in [0.3, 0.4) is 0 Å². The fraction of sp³-hybridized carbons (Fsp3) is 0.176. The highest BCUT2D eigenvalue weighted by Crippen LogP contribution is 2.27. The third kappa shape index (κ3) is 2.78. The molecule has 8 nitrogen and oxygen atoms in total. The molecule has 2 heterocycles. The van der Waals surface area contributed by atoms with Crippen molar-refractivity contribution in [2.45, 2.75) is 13.2 Å². The van der Waals surface area contributed by atoms with Gasteiger partial charge >= 0.3 is 11.9 Å². The number of hydrogen-bond acceptors (Lipinski definition) is 7. The summed E-state index contributed by atoms with van der Waals surface area (Å²) in [5, 5.41) is 0. The van der Waals surface area contributed by atoms with Crippen molar-refractivity contribution in [3.8, 4) is 0 Å². The van der Waals surface area contributed by atoms with Crippen LogP contribution in [0.2, 0.25) is 0 Å². The lowest BCUT2D eigenvalue weighted by molar-refractivity contribution is -0.152. The molecule has 0 aliphatic carbocycles. The van der Waals surface area contributed by atoms with Gasteiger partial charge in [0.1, 0.15) is 6.26 Å². The number of imide groups is 1. The largest absolute Gasteiger partial charge is 0.464 e. The first-order valence-electron chi connectivity index (χ1n) is 7.25. The van der Waals surface area contributed by atoms with E-state index in [9.17, 15) is 19.2 Å². The number of carbonyl (C=O) groups excluding carboxylic acids is 4. The number of amides is 2. The van der Waals surface area contributed by atoms with Crippen molar-refractivity contribution in [1.29, 1.82) is 0 Å². The summed E-state index contributed by atoms with van der Waals surface area (Å²) in [6, 6.07) is 6.18. The Bertz CT molecular complexity index is 817. The monoisotopic (exact) mass is 343 g/mol. The van der Waals surface area contributed by atoms with E-state index in [-0.39, 0.29) is 11.1 Å². The molecule has 0 N–H and O–H groups in total. The van der Waals surface area contributed by atoms with E-state index >= 15 is 0 Å². The zero-order valence-corrected chi connectivity index (χ0v) is 13.3. The lowest BCUT2D eigenvalue weighted by atomic mass is 10.1. The van der Waals surface area contributed by atoms with Crippen molar-refractivity contribution >= 4 is 23.8 Å². The zero-order chi connectivity index (χ0) is 18.1. The summed E-state index contributed by atoms with van der Waals surface area (Å²) in [5.41, 5.74) is 0.275. The maximum Gasteiger partial charge on any atom is 0.358 e. The summed E-state index contributed by atoms with van der Waals surface area (Å²) >= 11 is 0. The molecule has 2 aliphatic heterocycles. The van der Waals surface area contributed by atoms with Crippen LogP contribution in [0.5, 0.6) is 0 Å². The Balaban J connectivity index is 1.91. The van der Waals surface area contributed by atoms with Crippen LogP contribution < -0.4 is 0 Å². The van der Waals surface area contributed by atoms with Gasteiger partial charge in [0, 0.05) is 11.6 Å². The summed E-state index contributed by atoms with van der Waals surface area (Å²) in [4.78, 5) is 49.0. The molecule has 2 aliphatic rings. The maximum absolute atomic E-state index is 12.5. The molecule has 128 valence electrons. The van der Waals surface area contributed by atoms with Gasteiger partial charge in [-0.15, -0.1) is 0 Å². The molecule has 25 heavy (non-hydrogen) atoms. The Morgan fingerprint density at radius 2 is 1.76 bits per heavy atom. The number of methoxy groups -OCH3 is 1. The Morgan fingerprint density at radius 1 is 1.16 bits per heavy atom. The Hall–Kier alpha value is -3.42. The van der Waals surface area contributed by atoms with Gasteiger partial charge < -0.3 is 14.2 Å². The first-order chi connectivity index (χ1) is 11.9. The summed E-state index contributed by atoms with van der Waals surface area (Å²) < 4.78 is 14.7. The van der Waals surface area contributed by atoms with E-state index in [0.717, 1.165) is 13.4 Å². The molecule has 0 saturated carbocycles. The fourth-order valence-corrected chi connectivity index (χ4v) is 2.41. The number of cyclic esters (lactones) is 1. The second kappa shape index (κ2) is 6.23. The highest BCUT2D eigenvalue weighted by atomic mass is 16.7. The third-order valence-corrected chi connectivity index (χ3v) is 3.67. The number of fused-ring (bicyclic) bond motifs is 1. The first-order valence-corrected chi connectivity index (χ1v) is 7.25. The van der Waals surface area contributed by atoms with Crippen molar-refractivity contribution in [3.63, 3.8) is 0 Å².